The van der Waals surface area contributed by atoms with Gasteiger partial charge >= 0.3 is 5.97 Å². The van der Waals surface area contributed by atoms with E-state index in [0.717, 1.165) is 26.7 Å². The Labute approximate surface area is 173 Å². The van der Waals surface area contributed by atoms with Crippen molar-refractivity contribution < 1.29 is 14.3 Å². The number of carbonyl (C=O) groups is 2. The predicted octanol–water partition coefficient (Wildman–Crippen LogP) is 5.60. The molecule has 0 radical (unpaired) electrons. The van der Waals surface area contributed by atoms with E-state index in [2.05, 4.69) is 11.1 Å². The normalized spacial score (nSPS) is 12.1. The fourth-order valence-corrected chi connectivity index (χ4v) is 4.81. The number of para-hydroxylation sites is 1. The highest BCUT2D eigenvalue weighted by Gasteiger charge is 2.19. The summed E-state index contributed by atoms with van der Waals surface area (Å²) in [5, 5.41) is 0. The Morgan fingerprint density at radius 2 is 1.93 bits per heavy atom. The second-order valence-electron chi connectivity index (χ2n) is 6.69. The summed E-state index contributed by atoms with van der Waals surface area (Å²) in [6.45, 7) is 5.59. The van der Waals surface area contributed by atoms with Crippen molar-refractivity contribution in [2.24, 2.45) is 0 Å². The van der Waals surface area contributed by atoms with Crippen LogP contribution in [0.4, 0.5) is 0 Å². The Morgan fingerprint density at radius 1 is 1.14 bits per heavy atom. The summed E-state index contributed by atoms with van der Waals surface area (Å²) in [4.78, 5) is 29.1. The maximum Gasteiger partial charge on any atom is 0.306 e. The highest BCUT2D eigenvalue weighted by molar-refractivity contribution is 8.01. The molecule has 0 spiro atoms. The minimum absolute atomic E-state index is 0.166. The summed E-state index contributed by atoms with van der Waals surface area (Å²) >= 11 is 3.31. The van der Waals surface area contributed by atoms with Crippen molar-refractivity contribution in [3.63, 3.8) is 0 Å². The van der Waals surface area contributed by atoms with Crippen LogP contribution in [0.15, 0.2) is 46.8 Å². The number of aryl methyl sites for hydroxylation is 2. The SMILES string of the molecule is Cc1ccc(C(=O)[C@@H](C)OC(=O)CCCSc2nc3ccccc3s2)cc1C. The minimum Gasteiger partial charge on any atom is -0.454 e. The number of ketones is 1. The van der Waals surface area contributed by atoms with Gasteiger partial charge in [0.2, 0.25) is 5.78 Å². The summed E-state index contributed by atoms with van der Waals surface area (Å²) in [6, 6.07) is 13.6. The van der Waals surface area contributed by atoms with Crippen LogP contribution in [-0.2, 0) is 9.53 Å². The molecule has 0 saturated carbocycles. The zero-order valence-electron chi connectivity index (χ0n) is 16.2. The van der Waals surface area contributed by atoms with E-state index < -0.39 is 6.10 Å². The van der Waals surface area contributed by atoms with Crippen molar-refractivity contribution in [1.29, 1.82) is 0 Å². The average molecular weight is 414 g/mol. The summed E-state index contributed by atoms with van der Waals surface area (Å²) in [7, 11) is 0. The first-order valence-electron chi connectivity index (χ1n) is 9.23. The number of Topliss-reactive ketones (excluding diaryl/α,β-unsaturated/α-hetero) is 1. The van der Waals surface area contributed by atoms with Gasteiger partial charge in [-0.15, -0.1) is 11.3 Å². The molecule has 3 aromatic rings. The van der Waals surface area contributed by atoms with Crippen molar-refractivity contribution in [2.45, 2.75) is 44.1 Å². The van der Waals surface area contributed by atoms with Crippen LogP contribution in [0.25, 0.3) is 10.2 Å². The summed E-state index contributed by atoms with van der Waals surface area (Å²) in [6.07, 6.45) is 0.207. The largest absolute Gasteiger partial charge is 0.454 e. The third kappa shape index (κ3) is 5.20. The molecule has 0 unspecified atom stereocenters. The van der Waals surface area contributed by atoms with Crippen LogP contribution >= 0.6 is 23.1 Å². The van der Waals surface area contributed by atoms with Gasteiger partial charge in [0, 0.05) is 17.7 Å². The number of thiazole rings is 1. The van der Waals surface area contributed by atoms with Crippen LogP contribution < -0.4 is 0 Å². The van der Waals surface area contributed by atoms with Gasteiger partial charge in [-0.05, 0) is 56.5 Å². The maximum absolute atomic E-state index is 12.5. The Bertz CT molecular complexity index is 963. The van der Waals surface area contributed by atoms with Crippen LogP contribution in [0.5, 0.6) is 0 Å². The molecule has 1 atom stereocenters. The van der Waals surface area contributed by atoms with Gasteiger partial charge in [0.15, 0.2) is 10.4 Å². The summed E-state index contributed by atoms with van der Waals surface area (Å²) in [5.41, 5.74) is 3.77. The number of ether oxygens (including phenoxy) is 1. The molecule has 0 aliphatic heterocycles. The van der Waals surface area contributed by atoms with E-state index in [9.17, 15) is 9.59 Å². The van der Waals surface area contributed by atoms with Gasteiger partial charge in [0.05, 0.1) is 10.2 Å². The quantitative estimate of drug-likeness (QED) is 0.208. The number of rotatable bonds is 8. The van der Waals surface area contributed by atoms with Gasteiger partial charge in [-0.3, -0.25) is 9.59 Å². The molecule has 0 bridgehead atoms. The number of fused-ring (bicyclic) bond motifs is 1. The number of hydrogen-bond donors (Lipinski definition) is 0. The number of benzene rings is 2. The van der Waals surface area contributed by atoms with E-state index in [1.165, 1.54) is 4.70 Å². The van der Waals surface area contributed by atoms with Crippen molar-refractivity contribution in [3.8, 4) is 0 Å². The monoisotopic (exact) mass is 413 g/mol. The highest BCUT2D eigenvalue weighted by Crippen LogP contribution is 2.29. The van der Waals surface area contributed by atoms with Crippen LogP contribution in [0.1, 0.15) is 41.3 Å². The fraction of sp³-hybridized carbons (Fsp3) is 0.318. The molecule has 4 nitrogen and oxygen atoms in total. The first-order chi connectivity index (χ1) is 13.4. The molecule has 2 aromatic carbocycles. The molecule has 0 amide bonds. The van der Waals surface area contributed by atoms with Crippen molar-refractivity contribution in [3.05, 3.63) is 59.2 Å². The molecule has 3 rings (SSSR count). The topological polar surface area (TPSA) is 56.3 Å². The zero-order valence-corrected chi connectivity index (χ0v) is 17.9. The summed E-state index contributed by atoms with van der Waals surface area (Å²) in [5.74, 6) is 0.281. The van der Waals surface area contributed by atoms with E-state index in [1.807, 2.05) is 44.2 Å². The van der Waals surface area contributed by atoms with Crippen LogP contribution in [-0.4, -0.2) is 28.6 Å². The van der Waals surface area contributed by atoms with Gasteiger partial charge < -0.3 is 4.74 Å². The Kier molecular flexibility index (Phi) is 6.86. The number of hydrogen-bond acceptors (Lipinski definition) is 6. The maximum atomic E-state index is 12.5. The fourth-order valence-electron chi connectivity index (χ4n) is 2.73. The molecule has 0 fully saturated rings. The van der Waals surface area contributed by atoms with Gasteiger partial charge in [-0.25, -0.2) is 4.98 Å². The van der Waals surface area contributed by atoms with Crippen LogP contribution in [0.3, 0.4) is 0 Å². The van der Waals surface area contributed by atoms with Crippen molar-refractivity contribution in [2.75, 3.05) is 5.75 Å². The molecule has 0 N–H and O–H groups in total. The zero-order chi connectivity index (χ0) is 20.1. The predicted molar refractivity (Wildman–Crippen MR) is 115 cm³/mol. The summed E-state index contributed by atoms with van der Waals surface area (Å²) < 4.78 is 7.50. The molecule has 0 aliphatic carbocycles. The number of aromatic nitrogens is 1. The average Bonchev–Trinajstić information content (AvgIpc) is 3.09. The molecule has 1 heterocycles. The van der Waals surface area contributed by atoms with E-state index in [0.29, 0.717) is 18.4 Å². The van der Waals surface area contributed by atoms with Crippen molar-refractivity contribution >= 4 is 45.1 Å². The Hall–Kier alpha value is -2.18. The number of thioether (sulfide) groups is 1. The van der Waals surface area contributed by atoms with Gasteiger partial charge in [-0.2, -0.15) is 0 Å². The number of esters is 1. The lowest BCUT2D eigenvalue weighted by atomic mass is 10.0. The molecule has 146 valence electrons. The number of carbonyl (C=O) groups excluding carboxylic acids is 2. The van der Waals surface area contributed by atoms with Gasteiger partial charge in [0.25, 0.3) is 0 Å². The van der Waals surface area contributed by atoms with Gasteiger partial charge in [0.1, 0.15) is 0 Å². The Morgan fingerprint density at radius 3 is 2.68 bits per heavy atom. The lowest BCUT2D eigenvalue weighted by Crippen LogP contribution is -2.24. The third-order valence-corrected chi connectivity index (χ3v) is 6.76. The third-order valence-electron chi connectivity index (χ3n) is 4.49. The smallest absolute Gasteiger partial charge is 0.306 e. The van der Waals surface area contributed by atoms with Crippen LogP contribution in [0, 0.1) is 13.8 Å². The molecule has 1 aromatic heterocycles. The number of nitrogens with zero attached hydrogens (tertiary/aromatic N) is 1. The molecule has 6 heteroatoms. The molecule has 0 aliphatic rings. The van der Waals surface area contributed by atoms with E-state index in [-0.39, 0.29) is 11.8 Å². The van der Waals surface area contributed by atoms with E-state index >= 15 is 0 Å². The second-order valence-corrected chi connectivity index (χ2v) is 9.07. The molecule has 28 heavy (non-hydrogen) atoms. The highest BCUT2D eigenvalue weighted by atomic mass is 32.2. The van der Waals surface area contributed by atoms with E-state index in [1.54, 1.807) is 36.1 Å². The van der Waals surface area contributed by atoms with Gasteiger partial charge in [-0.1, -0.05) is 36.0 Å². The standard InChI is InChI=1S/C22H23NO3S2/c1-14-10-11-17(13-15(14)2)21(25)16(3)26-20(24)9-6-12-27-22-23-18-7-4-5-8-19(18)28-22/h4-5,7-8,10-11,13,16H,6,9,12H2,1-3H3/t16-/m1/s1. The van der Waals surface area contributed by atoms with Crippen molar-refractivity contribution in [1.82, 2.24) is 4.98 Å². The molecule has 0 saturated heterocycles. The molecular weight excluding hydrogens is 390 g/mol. The molecular formula is C22H23NO3S2. The second kappa shape index (κ2) is 9.34. The van der Waals surface area contributed by atoms with Crippen LogP contribution in [0.2, 0.25) is 0 Å². The Balaban J connectivity index is 1.43. The first-order valence-corrected chi connectivity index (χ1v) is 11.0. The lowest BCUT2D eigenvalue weighted by molar-refractivity contribution is -0.146. The van der Waals surface area contributed by atoms with E-state index in [4.69, 9.17) is 4.74 Å². The minimum atomic E-state index is -0.772. The first kappa shape index (κ1) is 20.6. The lowest BCUT2D eigenvalue weighted by Gasteiger charge is -2.13.